The van der Waals surface area contributed by atoms with Crippen molar-refractivity contribution in [2.24, 2.45) is 11.1 Å². The van der Waals surface area contributed by atoms with Crippen LogP contribution in [0.4, 0.5) is 11.4 Å². The van der Waals surface area contributed by atoms with Gasteiger partial charge in [0.15, 0.2) is 0 Å². The van der Waals surface area contributed by atoms with Crippen LogP contribution in [-0.4, -0.2) is 17.9 Å². The molecule has 1 rings (SSSR count). The van der Waals surface area contributed by atoms with Gasteiger partial charge >= 0.3 is 0 Å². The number of hydrogen-bond acceptors (Lipinski definition) is 3. The normalized spacial score (nSPS) is 12.7. The van der Waals surface area contributed by atoms with Gasteiger partial charge in [-0.25, -0.2) is 0 Å². The van der Waals surface area contributed by atoms with Gasteiger partial charge in [-0.2, -0.15) is 0 Å². The van der Waals surface area contributed by atoms with Crippen molar-refractivity contribution in [3.05, 3.63) is 24.3 Å². The second-order valence-electron chi connectivity index (χ2n) is 6.01. The maximum Gasteiger partial charge on any atom is 0.229 e. The molecule has 2 amide bonds. The number of carbonyl (C=O) groups excluding carboxylic acids is 2. The third-order valence-corrected chi connectivity index (χ3v) is 2.62. The molecule has 1 aromatic carbocycles. The van der Waals surface area contributed by atoms with Crippen LogP contribution < -0.4 is 16.4 Å². The van der Waals surface area contributed by atoms with E-state index >= 15 is 0 Å². The highest BCUT2D eigenvalue weighted by Crippen LogP contribution is 2.19. The van der Waals surface area contributed by atoms with Crippen molar-refractivity contribution in [2.75, 3.05) is 10.6 Å². The van der Waals surface area contributed by atoms with E-state index in [1.165, 1.54) is 0 Å². The van der Waals surface area contributed by atoms with Gasteiger partial charge in [-0.05, 0) is 31.2 Å². The van der Waals surface area contributed by atoms with E-state index in [9.17, 15) is 9.59 Å². The van der Waals surface area contributed by atoms with Crippen LogP contribution in [0.3, 0.4) is 0 Å². The molecule has 5 heteroatoms. The molecule has 20 heavy (non-hydrogen) atoms. The molecule has 4 N–H and O–H groups in total. The molecule has 0 aliphatic heterocycles. The molecular formula is C15H23N3O2. The number of carbonyl (C=O) groups is 2. The molecule has 0 radical (unpaired) electrons. The van der Waals surface area contributed by atoms with Gasteiger partial charge in [0.25, 0.3) is 0 Å². The number of hydrogen-bond donors (Lipinski definition) is 3. The topological polar surface area (TPSA) is 84.2 Å². The lowest BCUT2D eigenvalue weighted by Gasteiger charge is -2.17. The zero-order valence-electron chi connectivity index (χ0n) is 12.5. The predicted octanol–water partition coefficient (Wildman–Crippen LogP) is 2.35. The molecule has 1 atom stereocenters. The fraction of sp³-hybridized carbons (Fsp3) is 0.467. The van der Waals surface area contributed by atoms with Crippen LogP contribution in [0, 0.1) is 5.41 Å². The van der Waals surface area contributed by atoms with Crippen LogP contribution in [0.1, 0.15) is 34.1 Å². The molecule has 0 saturated carbocycles. The van der Waals surface area contributed by atoms with Gasteiger partial charge < -0.3 is 16.4 Å². The summed E-state index contributed by atoms with van der Waals surface area (Å²) in [5, 5.41) is 5.58. The summed E-state index contributed by atoms with van der Waals surface area (Å²) in [5.41, 5.74) is 6.51. The van der Waals surface area contributed by atoms with Crippen molar-refractivity contribution in [2.45, 2.75) is 40.2 Å². The largest absolute Gasteiger partial charge is 0.327 e. The third-order valence-electron chi connectivity index (χ3n) is 2.62. The van der Waals surface area contributed by atoms with E-state index in [1.54, 1.807) is 31.2 Å². The van der Waals surface area contributed by atoms with Crippen LogP contribution in [-0.2, 0) is 9.59 Å². The maximum atomic E-state index is 11.8. The average molecular weight is 277 g/mol. The van der Waals surface area contributed by atoms with E-state index in [2.05, 4.69) is 10.6 Å². The van der Waals surface area contributed by atoms with Gasteiger partial charge in [-0.3, -0.25) is 9.59 Å². The third kappa shape index (κ3) is 5.40. The first-order valence-corrected chi connectivity index (χ1v) is 6.65. The molecule has 0 bridgehead atoms. The van der Waals surface area contributed by atoms with Gasteiger partial charge in [0.2, 0.25) is 11.8 Å². The zero-order valence-corrected chi connectivity index (χ0v) is 12.5. The summed E-state index contributed by atoms with van der Waals surface area (Å²) in [6, 6.07) is 6.84. The van der Waals surface area contributed by atoms with Gasteiger partial charge in [0.05, 0.1) is 0 Å². The Morgan fingerprint density at radius 3 is 1.95 bits per heavy atom. The average Bonchev–Trinajstić information content (AvgIpc) is 2.29. The molecule has 0 heterocycles. The SMILES string of the molecule is CC(N)CC(=O)Nc1ccc(NC(=O)C(C)(C)C)cc1. The van der Waals surface area contributed by atoms with Crippen LogP contribution in [0.2, 0.25) is 0 Å². The zero-order chi connectivity index (χ0) is 15.3. The summed E-state index contributed by atoms with van der Waals surface area (Å²) in [7, 11) is 0. The first-order chi connectivity index (χ1) is 9.18. The summed E-state index contributed by atoms with van der Waals surface area (Å²) < 4.78 is 0. The van der Waals surface area contributed by atoms with Crippen LogP contribution in [0.5, 0.6) is 0 Å². The Labute approximate surface area is 119 Å². The summed E-state index contributed by atoms with van der Waals surface area (Å²) in [4.78, 5) is 23.4. The monoisotopic (exact) mass is 277 g/mol. The first kappa shape index (κ1) is 16.2. The minimum absolute atomic E-state index is 0.0498. The Morgan fingerprint density at radius 2 is 1.55 bits per heavy atom. The minimum atomic E-state index is -0.440. The van der Waals surface area contributed by atoms with Crippen molar-refractivity contribution in [1.29, 1.82) is 0 Å². The summed E-state index contributed by atoms with van der Waals surface area (Å²) in [5.74, 6) is -0.169. The van der Waals surface area contributed by atoms with Crippen molar-refractivity contribution < 1.29 is 9.59 Å². The number of anilines is 2. The molecule has 0 aliphatic carbocycles. The predicted molar refractivity (Wildman–Crippen MR) is 81.4 cm³/mol. The van der Waals surface area contributed by atoms with Crippen LogP contribution in [0.15, 0.2) is 24.3 Å². The van der Waals surface area contributed by atoms with E-state index < -0.39 is 5.41 Å². The smallest absolute Gasteiger partial charge is 0.229 e. The second kappa shape index (κ2) is 6.52. The number of nitrogens with one attached hydrogen (secondary N) is 2. The highest BCUT2D eigenvalue weighted by atomic mass is 16.2. The Bertz CT molecular complexity index is 473. The number of rotatable bonds is 4. The Kier molecular flexibility index (Phi) is 5.27. The fourth-order valence-corrected chi connectivity index (χ4v) is 1.46. The quantitative estimate of drug-likeness (QED) is 0.789. The molecule has 0 aliphatic rings. The number of amides is 2. The van der Waals surface area contributed by atoms with Crippen molar-refractivity contribution in [1.82, 2.24) is 0 Å². The second-order valence-corrected chi connectivity index (χ2v) is 6.01. The highest BCUT2D eigenvalue weighted by Gasteiger charge is 2.20. The van der Waals surface area contributed by atoms with Gasteiger partial charge in [0.1, 0.15) is 0 Å². The van der Waals surface area contributed by atoms with Gasteiger partial charge in [-0.15, -0.1) is 0 Å². The first-order valence-electron chi connectivity index (χ1n) is 6.65. The molecule has 1 unspecified atom stereocenters. The van der Waals surface area contributed by atoms with E-state index in [0.717, 1.165) is 0 Å². The lowest BCUT2D eigenvalue weighted by atomic mass is 9.95. The van der Waals surface area contributed by atoms with Crippen molar-refractivity contribution >= 4 is 23.2 Å². The maximum absolute atomic E-state index is 11.8. The van der Waals surface area contributed by atoms with E-state index in [0.29, 0.717) is 11.4 Å². The van der Waals surface area contributed by atoms with Crippen LogP contribution >= 0.6 is 0 Å². The molecule has 0 aromatic heterocycles. The lowest BCUT2D eigenvalue weighted by molar-refractivity contribution is -0.123. The number of benzene rings is 1. The summed E-state index contributed by atoms with van der Waals surface area (Å²) in [6.07, 6.45) is 0.280. The minimum Gasteiger partial charge on any atom is -0.327 e. The molecular weight excluding hydrogens is 254 g/mol. The number of nitrogens with two attached hydrogens (primary N) is 1. The Balaban J connectivity index is 2.61. The molecule has 0 saturated heterocycles. The van der Waals surface area contributed by atoms with E-state index in [1.807, 2.05) is 20.8 Å². The molecule has 5 nitrogen and oxygen atoms in total. The highest BCUT2D eigenvalue weighted by molar-refractivity contribution is 5.95. The van der Waals surface area contributed by atoms with Crippen LogP contribution in [0.25, 0.3) is 0 Å². The summed E-state index contributed by atoms with van der Waals surface area (Å²) >= 11 is 0. The molecule has 110 valence electrons. The Morgan fingerprint density at radius 1 is 1.10 bits per heavy atom. The van der Waals surface area contributed by atoms with E-state index in [-0.39, 0.29) is 24.3 Å². The molecule has 0 fully saturated rings. The van der Waals surface area contributed by atoms with Crippen molar-refractivity contribution in [3.8, 4) is 0 Å². The van der Waals surface area contributed by atoms with Crippen molar-refractivity contribution in [3.63, 3.8) is 0 Å². The van der Waals surface area contributed by atoms with E-state index in [4.69, 9.17) is 5.73 Å². The summed E-state index contributed by atoms with van der Waals surface area (Å²) in [6.45, 7) is 7.34. The van der Waals surface area contributed by atoms with Gasteiger partial charge in [-0.1, -0.05) is 20.8 Å². The molecule has 0 spiro atoms. The molecule has 1 aromatic rings. The van der Waals surface area contributed by atoms with Gasteiger partial charge in [0, 0.05) is 29.3 Å². The standard InChI is InChI=1S/C15H23N3O2/c1-10(16)9-13(19)17-11-5-7-12(8-6-11)18-14(20)15(2,3)4/h5-8,10H,9,16H2,1-4H3,(H,17,19)(H,18,20). The lowest BCUT2D eigenvalue weighted by Crippen LogP contribution is -2.27. The Hall–Kier alpha value is -1.88. The fourth-order valence-electron chi connectivity index (χ4n) is 1.46.